The van der Waals surface area contributed by atoms with E-state index in [-0.39, 0.29) is 19.2 Å². The number of hydrogen-bond acceptors (Lipinski definition) is 9. The number of aromatic nitrogens is 5. The van der Waals surface area contributed by atoms with E-state index in [2.05, 4.69) is 25.0 Å². The molecule has 4 aromatic rings. The van der Waals surface area contributed by atoms with Crippen LogP contribution in [0.25, 0.3) is 22.4 Å². The number of aliphatic hydroxyl groups excluding tert-OH is 2. The first-order valence-corrected chi connectivity index (χ1v) is 12.8. The van der Waals surface area contributed by atoms with E-state index in [1.165, 1.54) is 0 Å². The van der Waals surface area contributed by atoms with E-state index < -0.39 is 23.9 Å². The van der Waals surface area contributed by atoms with Crippen LogP contribution in [0, 0.1) is 0 Å². The maximum atomic E-state index is 10.2. The second-order valence-electron chi connectivity index (χ2n) is 10.4. The fraction of sp³-hybridized carbons (Fsp3) is 0.423. The number of halogens is 1. The molecule has 5 heterocycles. The number of ether oxygens (including phenoxy) is 2. The molecule has 3 aromatic heterocycles. The molecule has 0 saturated carbocycles. The number of H-pyrrole nitrogens is 1. The Morgan fingerprint density at radius 2 is 2.00 bits per heavy atom. The predicted octanol–water partition coefficient (Wildman–Crippen LogP) is 2.27. The monoisotopic (exact) mass is 540 g/mol. The molecule has 1 fully saturated rings. The van der Waals surface area contributed by atoms with Crippen LogP contribution in [-0.2, 0) is 24.4 Å². The zero-order valence-corrected chi connectivity index (χ0v) is 21.8. The van der Waals surface area contributed by atoms with Crippen LogP contribution in [0.15, 0.2) is 36.5 Å². The highest BCUT2D eigenvalue weighted by atomic mass is 35.5. The van der Waals surface area contributed by atoms with Gasteiger partial charge >= 0.3 is 0 Å². The van der Waals surface area contributed by atoms with Crippen molar-refractivity contribution in [2.45, 2.75) is 57.4 Å². The molecule has 0 bridgehead atoms. The Morgan fingerprint density at radius 1 is 1.21 bits per heavy atom. The number of nitrogens with zero attached hydrogens (tertiary/aromatic N) is 5. The first kappa shape index (κ1) is 25.1. The van der Waals surface area contributed by atoms with Gasteiger partial charge in [-0.3, -0.25) is 4.68 Å². The molecule has 0 amide bonds. The summed E-state index contributed by atoms with van der Waals surface area (Å²) in [5.74, 6) is 0. The van der Waals surface area contributed by atoms with Crippen molar-refractivity contribution in [3.8, 4) is 17.3 Å². The van der Waals surface area contributed by atoms with E-state index in [0.717, 1.165) is 29.1 Å². The van der Waals surface area contributed by atoms with E-state index in [1.807, 2.05) is 35.1 Å². The molecule has 4 N–H and O–H groups in total. The largest absolute Gasteiger partial charge is 0.456 e. The van der Waals surface area contributed by atoms with Crippen molar-refractivity contribution in [2.75, 3.05) is 18.1 Å². The number of rotatable bonds is 7. The minimum Gasteiger partial charge on any atom is -0.456 e. The van der Waals surface area contributed by atoms with Gasteiger partial charge in [0.15, 0.2) is 11.8 Å². The maximum absolute atomic E-state index is 10.2. The molecular formula is C26H29ClN6O5. The molecule has 2 aliphatic heterocycles. The molecule has 0 spiro atoms. The molecule has 0 radical (unpaired) electrons. The topological polar surface area (TPSA) is 142 Å². The van der Waals surface area contributed by atoms with Crippen LogP contribution in [0.2, 0.25) is 5.02 Å². The molecule has 11 nitrogen and oxygen atoms in total. The van der Waals surface area contributed by atoms with Crippen molar-refractivity contribution in [3.05, 3.63) is 52.8 Å². The molecule has 3 atom stereocenters. The number of pyridine rings is 1. The van der Waals surface area contributed by atoms with Crippen LogP contribution in [0.1, 0.15) is 25.1 Å². The molecule has 0 unspecified atom stereocenters. The highest BCUT2D eigenvalue weighted by Crippen LogP contribution is 2.33. The lowest BCUT2D eigenvalue weighted by Crippen LogP contribution is -2.36. The summed E-state index contributed by atoms with van der Waals surface area (Å²) in [5, 5.41) is 34.6. The number of anilines is 1. The van der Waals surface area contributed by atoms with Crippen molar-refractivity contribution in [2.24, 2.45) is 0 Å². The Labute approximate surface area is 223 Å². The van der Waals surface area contributed by atoms with E-state index in [0.29, 0.717) is 35.0 Å². The van der Waals surface area contributed by atoms with Crippen LogP contribution in [-0.4, -0.2) is 77.2 Å². The quantitative estimate of drug-likeness (QED) is 0.277. The van der Waals surface area contributed by atoms with Gasteiger partial charge in [-0.1, -0.05) is 23.7 Å². The summed E-state index contributed by atoms with van der Waals surface area (Å²) >= 11 is 6.57. The smallest absolute Gasteiger partial charge is 0.296 e. The van der Waals surface area contributed by atoms with Crippen molar-refractivity contribution in [1.82, 2.24) is 24.7 Å². The molecule has 200 valence electrons. The molecular weight excluding hydrogens is 512 g/mol. The van der Waals surface area contributed by atoms with E-state index in [9.17, 15) is 15.3 Å². The minimum atomic E-state index is -0.955. The Kier molecular flexibility index (Phi) is 6.28. The van der Waals surface area contributed by atoms with Crippen LogP contribution in [0.5, 0.6) is 6.01 Å². The number of imidazole rings is 1. The fourth-order valence-corrected chi connectivity index (χ4v) is 5.18. The second-order valence-corrected chi connectivity index (χ2v) is 10.9. The third kappa shape index (κ3) is 4.83. The molecule has 38 heavy (non-hydrogen) atoms. The third-order valence-electron chi connectivity index (χ3n) is 6.77. The zero-order valence-electron chi connectivity index (χ0n) is 21.0. The van der Waals surface area contributed by atoms with Crippen molar-refractivity contribution >= 4 is 28.5 Å². The van der Waals surface area contributed by atoms with Crippen LogP contribution in [0.4, 0.5) is 5.69 Å². The first-order chi connectivity index (χ1) is 18.2. The molecule has 0 aliphatic carbocycles. The summed E-state index contributed by atoms with van der Waals surface area (Å²) in [5.41, 5.74) is 4.92. The summed E-state index contributed by atoms with van der Waals surface area (Å²) in [4.78, 5) is 14.3. The van der Waals surface area contributed by atoms with E-state index in [1.54, 1.807) is 19.9 Å². The lowest BCUT2D eigenvalue weighted by molar-refractivity contribution is -0.00390. The van der Waals surface area contributed by atoms with E-state index in [4.69, 9.17) is 21.1 Å². The zero-order chi connectivity index (χ0) is 26.6. The van der Waals surface area contributed by atoms with Crippen molar-refractivity contribution in [3.63, 3.8) is 0 Å². The van der Waals surface area contributed by atoms with Gasteiger partial charge in [-0.05, 0) is 32.0 Å². The number of benzene rings is 1. The Hall–Kier alpha value is -3.22. The first-order valence-electron chi connectivity index (χ1n) is 12.4. The highest BCUT2D eigenvalue weighted by Gasteiger charge is 2.37. The normalized spacial score (nSPS) is 21.4. The summed E-state index contributed by atoms with van der Waals surface area (Å²) in [6, 6.07) is 9.97. The number of fused-ring (bicyclic) bond motifs is 2. The average Bonchev–Trinajstić information content (AvgIpc) is 3.61. The molecule has 2 aliphatic rings. The van der Waals surface area contributed by atoms with Crippen LogP contribution in [0.3, 0.4) is 0 Å². The highest BCUT2D eigenvalue weighted by molar-refractivity contribution is 6.33. The third-order valence-corrected chi connectivity index (χ3v) is 7.05. The minimum absolute atomic E-state index is 0.149. The SMILES string of the molecule is CC(C)(O)Cn1cc2c(n1)CN(c1ccc(-c3nc4nc(O[C@@H]5CO[C@H](CO)[C@H]5O)[nH]c4cc3Cl)cc1)C2. The summed E-state index contributed by atoms with van der Waals surface area (Å²) in [6.45, 7) is 5.32. The van der Waals surface area contributed by atoms with Gasteiger partial charge in [-0.2, -0.15) is 10.1 Å². The lowest BCUT2D eigenvalue weighted by Gasteiger charge is -2.20. The average molecular weight is 541 g/mol. The lowest BCUT2D eigenvalue weighted by atomic mass is 10.1. The van der Waals surface area contributed by atoms with Gasteiger partial charge in [0, 0.05) is 29.6 Å². The number of aromatic amines is 1. The molecule has 1 aromatic carbocycles. The maximum Gasteiger partial charge on any atom is 0.296 e. The number of aliphatic hydroxyl groups is 3. The van der Waals surface area contributed by atoms with Gasteiger partial charge < -0.3 is 34.7 Å². The van der Waals surface area contributed by atoms with Gasteiger partial charge in [-0.15, -0.1) is 0 Å². The summed E-state index contributed by atoms with van der Waals surface area (Å²) in [6.07, 6.45) is -0.270. The Balaban J connectivity index is 1.16. The second kappa shape index (κ2) is 9.51. The van der Waals surface area contributed by atoms with Crippen molar-refractivity contribution < 1.29 is 24.8 Å². The molecule has 12 heteroatoms. The van der Waals surface area contributed by atoms with Gasteiger partial charge in [0.25, 0.3) is 6.01 Å². The fourth-order valence-electron chi connectivity index (χ4n) is 4.92. The Bertz CT molecular complexity index is 1440. The van der Waals surface area contributed by atoms with Crippen LogP contribution < -0.4 is 9.64 Å². The van der Waals surface area contributed by atoms with Gasteiger partial charge in [-0.25, -0.2) is 4.98 Å². The standard InChI is InChI=1S/C26H29ClN6O5/c1-26(2,36)13-33-9-15-8-32(10-19(15)31-33)16-5-3-14(4-6-16)22-17(27)7-18-24(29-22)30-25(28-18)38-21-12-37-20(11-34)23(21)35/h3-7,9,20-21,23,34-36H,8,10-13H2,1-2H3,(H,28,29,30)/t20-,21-,23-/m1/s1. The molecule has 1 saturated heterocycles. The van der Waals surface area contributed by atoms with Crippen molar-refractivity contribution in [1.29, 1.82) is 0 Å². The number of nitrogens with one attached hydrogen (secondary N) is 1. The summed E-state index contributed by atoms with van der Waals surface area (Å²) in [7, 11) is 0. The van der Waals surface area contributed by atoms with Gasteiger partial charge in [0.05, 0.1) is 53.8 Å². The van der Waals surface area contributed by atoms with Gasteiger partial charge in [0.2, 0.25) is 0 Å². The van der Waals surface area contributed by atoms with Gasteiger partial charge in [0.1, 0.15) is 12.2 Å². The van der Waals surface area contributed by atoms with Crippen LogP contribution >= 0.6 is 11.6 Å². The Morgan fingerprint density at radius 3 is 2.68 bits per heavy atom. The molecule has 6 rings (SSSR count). The predicted molar refractivity (Wildman–Crippen MR) is 140 cm³/mol. The summed E-state index contributed by atoms with van der Waals surface area (Å²) < 4.78 is 12.9. The van der Waals surface area contributed by atoms with E-state index >= 15 is 0 Å². The number of hydrogen-bond donors (Lipinski definition) is 4.